The number of hydrazone groups is 1. The zero-order valence-corrected chi connectivity index (χ0v) is 17.9. The largest absolute Gasteiger partial charge is 0.508 e. The molecule has 0 saturated heterocycles. The Balaban J connectivity index is 1.96. The number of benzene rings is 3. The number of non-ortho nitro benzene ring substituents is 1. The van der Waals surface area contributed by atoms with Gasteiger partial charge in [0.1, 0.15) is 16.4 Å². The molecule has 0 fully saturated rings. The average molecular weight is 456 g/mol. The highest BCUT2D eigenvalue weighted by molar-refractivity contribution is 7.92. The predicted octanol–water partition coefficient (Wildman–Crippen LogP) is 3.87. The lowest BCUT2D eigenvalue weighted by atomic mass is 10.1. The average Bonchev–Trinajstić information content (AvgIpc) is 2.71. The van der Waals surface area contributed by atoms with E-state index in [9.17, 15) is 28.7 Å². The van der Waals surface area contributed by atoms with Gasteiger partial charge in [0.05, 0.1) is 22.5 Å². The summed E-state index contributed by atoms with van der Waals surface area (Å²) in [7, 11) is -4.22. The van der Waals surface area contributed by atoms with Gasteiger partial charge in [-0.05, 0) is 43.7 Å². The number of nitro benzene ring substituents is 1. The molecule has 0 radical (unpaired) electrons. The van der Waals surface area contributed by atoms with Crippen molar-refractivity contribution in [2.24, 2.45) is 5.10 Å². The Kier molecular flexibility index (Phi) is 6.30. The number of rotatable bonds is 7. The Morgan fingerprint density at radius 3 is 2.38 bits per heavy atom. The molecular weight excluding hydrogens is 436 g/mol. The van der Waals surface area contributed by atoms with Crippen molar-refractivity contribution in [3.8, 4) is 11.5 Å². The van der Waals surface area contributed by atoms with Crippen LogP contribution in [0.4, 0.5) is 17.1 Å². The van der Waals surface area contributed by atoms with Crippen LogP contribution < -0.4 is 10.1 Å². The van der Waals surface area contributed by atoms with Crippen LogP contribution >= 0.6 is 0 Å². The maximum Gasteiger partial charge on any atom is 0.270 e. The number of aromatic hydroxyl groups is 2. The van der Waals surface area contributed by atoms with Crippen LogP contribution in [-0.2, 0) is 10.0 Å². The molecule has 0 heterocycles. The molecule has 0 aromatic heterocycles. The zero-order chi connectivity index (χ0) is 23.5. The number of hydrogen-bond donors (Lipinski definition) is 4. The van der Waals surface area contributed by atoms with Gasteiger partial charge in [-0.15, -0.1) is 0 Å². The summed E-state index contributed by atoms with van der Waals surface area (Å²) >= 11 is 0. The van der Waals surface area contributed by atoms with E-state index in [1.54, 1.807) is 25.1 Å². The molecular formula is C21H20N4O6S. The number of nitrogens with zero attached hydrogens (tertiary/aromatic N) is 2. The number of sulfonamides is 1. The van der Waals surface area contributed by atoms with Gasteiger partial charge in [0.15, 0.2) is 0 Å². The van der Waals surface area contributed by atoms with Crippen molar-refractivity contribution in [1.29, 1.82) is 0 Å². The fourth-order valence-corrected chi connectivity index (χ4v) is 4.19. The van der Waals surface area contributed by atoms with Crippen LogP contribution in [0.15, 0.2) is 64.6 Å². The first-order valence-corrected chi connectivity index (χ1v) is 10.7. The smallest absolute Gasteiger partial charge is 0.270 e. The first kappa shape index (κ1) is 22.6. The lowest BCUT2D eigenvalue weighted by Crippen LogP contribution is -2.16. The quantitative estimate of drug-likeness (QED) is 0.239. The summed E-state index contributed by atoms with van der Waals surface area (Å²) in [5.41, 5.74) is 4.36. The molecule has 10 nitrogen and oxygen atoms in total. The third-order valence-electron chi connectivity index (χ3n) is 4.49. The molecule has 0 amide bonds. The fraction of sp³-hybridized carbons (Fsp3) is 0.0952. The topological polar surface area (TPSA) is 154 Å². The molecule has 32 heavy (non-hydrogen) atoms. The van der Waals surface area contributed by atoms with Crippen molar-refractivity contribution in [1.82, 2.24) is 0 Å². The first-order chi connectivity index (χ1) is 15.1. The molecule has 0 aliphatic heterocycles. The molecule has 0 spiro atoms. The monoisotopic (exact) mass is 456 g/mol. The molecule has 3 aromatic rings. The van der Waals surface area contributed by atoms with Gasteiger partial charge in [-0.1, -0.05) is 17.7 Å². The second-order valence-electron chi connectivity index (χ2n) is 6.97. The van der Waals surface area contributed by atoms with Crippen LogP contribution in [0.1, 0.15) is 16.7 Å². The van der Waals surface area contributed by atoms with Crippen molar-refractivity contribution in [2.75, 3.05) is 10.1 Å². The minimum Gasteiger partial charge on any atom is -0.508 e. The molecule has 4 N–H and O–H groups in total. The van der Waals surface area contributed by atoms with Crippen molar-refractivity contribution < 1.29 is 23.6 Å². The number of anilines is 2. The van der Waals surface area contributed by atoms with Crippen molar-refractivity contribution in [2.45, 2.75) is 18.7 Å². The number of phenols is 2. The summed E-state index contributed by atoms with van der Waals surface area (Å²) in [6.07, 6.45) is 1.21. The molecule has 0 bridgehead atoms. The van der Waals surface area contributed by atoms with E-state index in [1.807, 2.05) is 6.92 Å². The van der Waals surface area contributed by atoms with Gasteiger partial charge in [0.2, 0.25) is 0 Å². The van der Waals surface area contributed by atoms with Gasteiger partial charge in [-0.25, -0.2) is 8.42 Å². The number of hydrogen-bond acceptors (Lipinski definition) is 8. The standard InChI is InChI=1S/C21H20N4O6S/c1-13-3-7-18(14(2)9-13)24-32(30,31)21-10-16(25(28)29)5-8-19(21)23-22-12-15-4-6-17(26)11-20(15)27/h3-12,23-24,26-27H,1-2H3/b22-12+. The SMILES string of the molecule is Cc1ccc(NS(=O)(=O)c2cc([N+](=O)[O-])ccc2N/N=C/c2ccc(O)cc2O)c(C)c1. The van der Waals surface area contributed by atoms with E-state index in [2.05, 4.69) is 15.2 Å². The highest BCUT2D eigenvalue weighted by Gasteiger charge is 2.23. The van der Waals surface area contributed by atoms with Crippen molar-refractivity contribution in [3.05, 3.63) is 81.4 Å². The van der Waals surface area contributed by atoms with Gasteiger partial charge in [-0.2, -0.15) is 5.10 Å². The van der Waals surface area contributed by atoms with Gasteiger partial charge in [0, 0.05) is 23.8 Å². The van der Waals surface area contributed by atoms with Crippen LogP contribution in [0.3, 0.4) is 0 Å². The summed E-state index contributed by atoms with van der Waals surface area (Å²) in [6, 6.07) is 12.3. The van der Waals surface area contributed by atoms with Crippen LogP contribution in [-0.4, -0.2) is 29.8 Å². The van der Waals surface area contributed by atoms with E-state index in [-0.39, 0.29) is 27.6 Å². The molecule has 166 valence electrons. The maximum atomic E-state index is 13.1. The van der Waals surface area contributed by atoms with Crippen molar-refractivity contribution in [3.63, 3.8) is 0 Å². The van der Waals surface area contributed by atoms with E-state index in [0.717, 1.165) is 23.8 Å². The first-order valence-electron chi connectivity index (χ1n) is 9.26. The minimum absolute atomic E-state index is 0.0117. The summed E-state index contributed by atoms with van der Waals surface area (Å²) in [5.74, 6) is -0.363. The van der Waals surface area contributed by atoms with E-state index in [4.69, 9.17) is 0 Å². The fourth-order valence-electron chi connectivity index (χ4n) is 2.88. The Labute approximate surface area is 184 Å². The van der Waals surface area contributed by atoms with Gasteiger partial charge in [0.25, 0.3) is 15.7 Å². The lowest BCUT2D eigenvalue weighted by Gasteiger charge is -2.14. The second-order valence-corrected chi connectivity index (χ2v) is 8.63. The Morgan fingerprint density at radius 1 is 1.00 bits per heavy atom. The maximum absolute atomic E-state index is 13.1. The summed E-state index contributed by atoms with van der Waals surface area (Å²) in [4.78, 5) is 10.1. The van der Waals surface area contributed by atoms with Crippen LogP contribution in [0.5, 0.6) is 11.5 Å². The predicted molar refractivity (Wildman–Crippen MR) is 121 cm³/mol. The molecule has 0 unspecified atom stereocenters. The van der Waals surface area contributed by atoms with Crippen LogP contribution in [0.2, 0.25) is 0 Å². The summed E-state index contributed by atoms with van der Waals surface area (Å²) < 4.78 is 28.6. The Hall–Kier alpha value is -4.12. The normalized spacial score (nSPS) is 11.4. The molecule has 3 rings (SSSR count). The minimum atomic E-state index is -4.22. The van der Waals surface area contributed by atoms with Crippen LogP contribution in [0.25, 0.3) is 0 Å². The lowest BCUT2D eigenvalue weighted by molar-refractivity contribution is -0.385. The molecule has 0 atom stereocenters. The molecule has 11 heteroatoms. The van der Waals surface area contributed by atoms with Gasteiger partial charge >= 0.3 is 0 Å². The van der Waals surface area contributed by atoms with E-state index < -0.39 is 20.6 Å². The highest BCUT2D eigenvalue weighted by atomic mass is 32.2. The number of aryl methyl sites for hydroxylation is 2. The zero-order valence-electron chi connectivity index (χ0n) is 17.1. The van der Waals surface area contributed by atoms with Crippen LogP contribution in [0, 0.1) is 24.0 Å². The molecule has 0 aliphatic rings. The van der Waals surface area contributed by atoms with Gasteiger partial charge in [-0.3, -0.25) is 20.3 Å². The van der Waals surface area contributed by atoms with E-state index >= 15 is 0 Å². The summed E-state index contributed by atoms with van der Waals surface area (Å²) in [6.45, 7) is 3.61. The Morgan fingerprint density at radius 2 is 1.72 bits per heavy atom. The Bertz CT molecular complexity index is 1320. The number of phenolic OH excluding ortho intramolecular Hbond substituents is 2. The molecule has 0 aliphatic carbocycles. The molecule has 0 saturated carbocycles. The van der Waals surface area contributed by atoms with E-state index in [0.29, 0.717) is 11.3 Å². The summed E-state index contributed by atoms with van der Waals surface area (Å²) in [5, 5.41) is 34.3. The van der Waals surface area contributed by atoms with Crippen molar-refractivity contribution >= 4 is 33.3 Å². The highest BCUT2D eigenvalue weighted by Crippen LogP contribution is 2.29. The number of nitro groups is 1. The third-order valence-corrected chi connectivity index (χ3v) is 5.90. The third kappa shape index (κ3) is 5.13. The second kappa shape index (κ2) is 8.94. The van der Waals surface area contributed by atoms with Gasteiger partial charge < -0.3 is 10.2 Å². The number of nitrogens with one attached hydrogen (secondary N) is 2. The molecule has 3 aromatic carbocycles. The van der Waals surface area contributed by atoms with E-state index in [1.165, 1.54) is 24.4 Å².